The highest BCUT2D eigenvalue weighted by molar-refractivity contribution is 5.70. The number of carboxylic acid groups (broad SMARTS) is 1. The van der Waals surface area contributed by atoms with Crippen molar-refractivity contribution in [2.24, 2.45) is 11.8 Å². The molecule has 6 heteroatoms. The minimum absolute atomic E-state index is 0.0524. The van der Waals surface area contributed by atoms with Crippen LogP contribution in [0.2, 0.25) is 0 Å². The smallest absolute Gasteiger partial charge is 0.306 e. The topological polar surface area (TPSA) is 92.5 Å². The molecular weight excluding hydrogens is 260 g/mol. The van der Waals surface area contributed by atoms with E-state index in [-0.39, 0.29) is 17.5 Å². The van der Waals surface area contributed by atoms with Gasteiger partial charge >= 0.3 is 5.97 Å². The van der Waals surface area contributed by atoms with E-state index in [4.69, 9.17) is 0 Å². The molecule has 2 unspecified atom stereocenters. The average molecular weight is 278 g/mol. The minimum atomic E-state index is -0.722. The number of non-ortho nitro benzene ring substituents is 1. The zero-order chi connectivity index (χ0) is 14.5. The third-order valence-corrected chi connectivity index (χ3v) is 3.87. The number of carboxylic acids is 1. The molecule has 20 heavy (non-hydrogen) atoms. The normalized spacial score (nSPS) is 22.2. The van der Waals surface area contributed by atoms with Crippen LogP contribution in [0.1, 0.15) is 25.7 Å². The molecule has 1 aromatic rings. The molecule has 1 fully saturated rings. The first-order valence-electron chi connectivity index (χ1n) is 6.79. The summed E-state index contributed by atoms with van der Waals surface area (Å²) in [5.41, 5.74) is 0.835. The van der Waals surface area contributed by atoms with Crippen LogP contribution in [-0.2, 0) is 4.79 Å². The van der Waals surface area contributed by atoms with Crippen LogP contribution in [0.15, 0.2) is 24.3 Å². The Labute approximate surface area is 117 Å². The molecule has 1 aromatic carbocycles. The molecule has 1 aliphatic carbocycles. The predicted molar refractivity (Wildman–Crippen MR) is 74.7 cm³/mol. The van der Waals surface area contributed by atoms with Crippen LogP contribution in [0.25, 0.3) is 0 Å². The highest BCUT2D eigenvalue weighted by Crippen LogP contribution is 2.30. The fraction of sp³-hybridized carbons (Fsp3) is 0.500. The van der Waals surface area contributed by atoms with Crippen molar-refractivity contribution < 1.29 is 14.8 Å². The number of rotatable bonds is 5. The molecular formula is C14H18N2O4. The van der Waals surface area contributed by atoms with Crippen LogP contribution in [0, 0.1) is 22.0 Å². The lowest BCUT2D eigenvalue weighted by atomic mass is 9.79. The second kappa shape index (κ2) is 6.36. The maximum absolute atomic E-state index is 11.2. The van der Waals surface area contributed by atoms with Gasteiger partial charge in [0.1, 0.15) is 0 Å². The number of hydrogen-bond donors (Lipinski definition) is 2. The Kier molecular flexibility index (Phi) is 4.55. The van der Waals surface area contributed by atoms with E-state index in [1.54, 1.807) is 12.1 Å². The molecule has 2 N–H and O–H groups in total. The lowest BCUT2D eigenvalue weighted by Gasteiger charge is -2.28. The fourth-order valence-electron chi connectivity index (χ4n) is 2.73. The zero-order valence-corrected chi connectivity index (χ0v) is 11.1. The van der Waals surface area contributed by atoms with Crippen molar-refractivity contribution in [1.82, 2.24) is 0 Å². The third-order valence-electron chi connectivity index (χ3n) is 3.87. The Morgan fingerprint density at radius 2 is 1.95 bits per heavy atom. The molecule has 1 saturated carbocycles. The molecule has 0 heterocycles. The second-order valence-corrected chi connectivity index (χ2v) is 5.17. The molecule has 0 amide bonds. The summed E-state index contributed by atoms with van der Waals surface area (Å²) in [6.45, 7) is 0.592. The number of anilines is 1. The van der Waals surface area contributed by atoms with E-state index in [9.17, 15) is 20.0 Å². The number of benzene rings is 1. The van der Waals surface area contributed by atoms with Gasteiger partial charge in [-0.2, -0.15) is 0 Å². The molecule has 2 atom stereocenters. The lowest BCUT2D eigenvalue weighted by molar-refractivity contribution is -0.384. The Morgan fingerprint density at radius 3 is 2.55 bits per heavy atom. The van der Waals surface area contributed by atoms with E-state index in [1.807, 2.05) is 0 Å². The number of aliphatic carboxylic acids is 1. The van der Waals surface area contributed by atoms with Crippen LogP contribution in [-0.4, -0.2) is 22.5 Å². The van der Waals surface area contributed by atoms with E-state index in [2.05, 4.69) is 5.32 Å². The average Bonchev–Trinajstić information content (AvgIpc) is 2.45. The summed E-state index contributed by atoms with van der Waals surface area (Å²) in [6.07, 6.45) is 3.69. The molecule has 0 radical (unpaired) electrons. The Hall–Kier alpha value is -2.11. The number of nitrogens with zero attached hydrogens (tertiary/aromatic N) is 1. The van der Waals surface area contributed by atoms with Gasteiger partial charge in [0.25, 0.3) is 5.69 Å². The zero-order valence-electron chi connectivity index (χ0n) is 11.1. The Balaban J connectivity index is 1.93. The summed E-state index contributed by atoms with van der Waals surface area (Å²) >= 11 is 0. The highest BCUT2D eigenvalue weighted by atomic mass is 16.6. The quantitative estimate of drug-likeness (QED) is 0.638. The maximum Gasteiger partial charge on any atom is 0.306 e. The SMILES string of the molecule is O=C(O)C1CCCCC1CNc1ccc([N+](=O)[O-])cc1. The first kappa shape index (κ1) is 14.3. The first-order valence-corrected chi connectivity index (χ1v) is 6.79. The van der Waals surface area contributed by atoms with E-state index in [0.717, 1.165) is 31.4 Å². The number of hydrogen-bond acceptors (Lipinski definition) is 4. The summed E-state index contributed by atoms with van der Waals surface area (Å²) < 4.78 is 0. The standard InChI is InChI=1S/C14H18N2O4/c17-14(18)13-4-2-1-3-10(13)9-15-11-5-7-12(8-6-11)16(19)20/h5-8,10,13,15H,1-4,9H2,(H,17,18). The maximum atomic E-state index is 11.2. The molecule has 6 nitrogen and oxygen atoms in total. The molecule has 0 spiro atoms. The van der Waals surface area contributed by atoms with Crippen molar-refractivity contribution in [3.05, 3.63) is 34.4 Å². The molecule has 0 saturated heterocycles. The van der Waals surface area contributed by atoms with Crippen LogP contribution >= 0.6 is 0 Å². The van der Waals surface area contributed by atoms with Gasteiger partial charge in [-0.15, -0.1) is 0 Å². The number of nitrogens with one attached hydrogen (secondary N) is 1. The van der Waals surface area contributed by atoms with Crippen molar-refractivity contribution in [3.63, 3.8) is 0 Å². The van der Waals surface area contributed by atoms with Crippen LogP contribution in [0.3, 0.4) is 0 Å². The van der Waals surface area contributed by atoms with Crippen molar-refractivity contribution in [3.8, 4) is 0 Å². The molecule has 0 aliphatic heterocycles. The van der Waals surface area contributed by atoms with Gasteiger partial charge in [0.05, 0.1) is 10.8 Å². The van der Waals surface area contributed by atoms with Crippen LogP contribution in [0.5, 0.6) is 0 Å². The molecule has 2 rings (SSSR count). The van der Waals surface area contributed by atoms with Crippen molar-refractivity contribution in [2.45, 2.75) is 25.7 Å². The number of nitro groups is 1. The molecule has 0 bridgehead atoms. The van der Waals surface area contributed by atoms with Crippen molar-refractivity contribution >= 4 is 17.3 Å². The lowest BCUT2D eigenvalue weighted by Crippen LogP contribution is -2.31. The van der Waals surface area contributed by atoms with Crippen LogP contribution in [0.4, 0.5) is 11.4 Å². The molecule has 108 valence electrons. The largest absolute Gasteiger partial charge is 0.481 e. The summed E-state index contributed by atoms with van der Waals surface area (Å²) in [4.78, 5) is 21.3. The highest BCUT2D eigenvalue weighted by Gasteiger charge is 2.30. The monoisotopic (exact) mass is 278 g/mol. The van der Waals surface area contributed by atoms with Crippen LogP contribution < -0.4 is 5.32 Å². The Morgan fingerprint density at radius 1 is 1.30 bits per heavy atom. The van der Waals surface area contributed by atoms with Gasteiger partial charge < -0.3 is 10.4 Å². The minimum Gasteiger partial charge on any atom is -0.481 e. The summed E-state index contributed by atoms with van der Waals surface area (Å²) in [5, 5.41) is 22.9. The van der Waals surface area contributed by atoms with Gasteiger partial charge in [0, 0.05) is 24.4 Å². The molecule has 1 aliphatic rings. The van der Waals surface area contributed by atoms with Gasteiger partial charge in [-0.05, 0) is 30.9 Å². The number of carbonyl (C=O) groups is 1. The van der Waals surface area contributed by atoms with E-state index >= 15 is 0 Å². The second-order valence-electron chi connectivity index (χ2n) is 5.17. The summed E-state index contributed by atoms with van der Waals surface area (Å²) in [5.74, 6) is -0.883. The summed E-state index contributed by atoms with van der Waals surface area (Å²) in [7, 11) is 0. The first-order chi connectivity index (χ1) is 9.58. The van der Waals surface area contributed by atoms with Crippen molar-refractivity contribution in [1.29, 1.82) is 0 Å². The van der Waals surface area contributed by atoms with Crippen molar-refractivity contribution in [2.75, 3.05) is 11.9 Å². The number of nitro benzene ring substituents is 1. The fourth-order valence-corrected chi connectivity index (χ4v) is 2.73. The summed E-state index contributed by atoms with van der Waals surface area (Å²) in [6, 6.07) is 6.18. The third kappa shape index (κ3) is 3.46. The molecule has 0 aromatic heterocycles. The van der Waals surface area contributed by atoms with E-state index in [0.29, 0.717) is 6.54 Å². The van der Waals surface area contributed by atoms with Gasteiger partial charge in [-0.25, -0.2) is 0 Å². The van der Waals surface area contributed by atoms with Gasteiger partial charge in [0.2, 0.25) is 0 Å². The predicted octanol–water partition coefficient (Wildman–Crippen LogP) is 2.90. The van der Waals surface area contributed by atoms with Gasteiger partial charge in [-0.3, -0.25) is 14.9 Å². The van der Waals surface area contributed by atoms with E-state index < -0.39 is 10.9 Å². The Bertz CT molecular complexity index is 486. The van der Waals surface area contributed by atoms with Gasteiger partial charge in [-0.1, -0.05) is 12.8 Å². The van der Waals surface area contributed by atoms with Gasteiger partial charge in [0.15, 0.2) is 0 Å². The van der Waals surface area contributed by atoms with E-state index in [1.165, 1.54) is 12.1 Å².